The number of carbonyl (C=O) groups is 2. The van der Waals surface area contributed by atoms with E-state index >= 15 is 0 Å². The Hall–Kier alpha value is -2.37. The van der Waals surface area contributed by atoms with Gasteiger partial charge in [0.25, 0.3) is 5.91 Å². The highest BCUT2D eigenvalue weighted by atomic mass is 16.4. The van der Waals surface area contributed by atoms with Crippen LogP contribution in [0.25, 0.3) is 5.52 Å². The van der Waals surface area contributed by atoms with Crippen molar-refractivity contribution in [1.29, 1.82) is 0 Å². The molecular formula is C14H15N3O3. The number of rotatable bonds is 3. The molecule has 0 aliphatic heterocycles. The molecule has 0 aromatic carbocycles. The van der Waals surface area contributed by atoms with E-state index < -0.39 is 5.97 Å². The van der Waals surface area contributed by atoms with Crippen LogP contribution in [0.4, 0.5) is 0 Å². The van der Waals surface area contributed by atoms with Crippen molar-refractivity contribution >= 4 is 17.4 Å². The van der Waals surface area contributed by atoms with Gasteiger partial charge in [-0.2, -0.15) is 5.10 Å². The fraction of sp³-hybridized carbons (Fsp3) is 0.357. The third-order valence-corrected chi connectivity index (χ3v) is 3.79. The van der Waals surface area contributed by atoms with Gasteiger partial charge in [-0.05, 0) is 31.4 Å². The molecule has 0 radical (unpaired) electrons. The van der Waals surface area contributed by atoms with Gasteiger partial charge in [-0.1, -0.05) is 6.07 Å². The molecule has 1 aliphatic carbocycles. The molecule has 2 N–H and O–H groups in total. The lowest BCUT2D eigenvalue weighted by Gasteiger charge is -2.11. The van der Waals surface area contributed by atoms with Crippen molar-refractivity contribution in [3.63, 3.8) is 0 Å². The lowest BCUT2D eigenvalue weighted by atomic mass is 10.1. The SMILES string of the molecule is O=C(N[C@H]1CC[C@@H](C(=O)O)C1)c1cnn2ccccc12. The number of fused-ring (bicyclic) bond motifs is 1. The normalized spacial score (nSPS) is 22.0. The van der Waals surface area contributed by atoms with Gasteiger partial charge < -0.3 is 10.4 Å². The Bertz CT molecular complexity index is 664. The van der Waals surface area contributed by atoms with E-state index in [-0.39, 0.29) is 17.9 Å². The fourth-order valence-electron chi connectivity index (χ4n) is 2.71. The Morgan fingerprint density at radius 1 is 1.35 bits per heavy atom. The second kappa shape index (κ2) is 4.96. The molecule has 1 amide bonds. The Labute approximate surface area is 115 Å². The van der Waals surface area contributed by atoms with E-state index in [2.05, 4.69) is 10.4 Å². The first kappa shape index (κ1) is 12.7. The van der Waals surface area contributed by atoms with Crippen molar-refractivity contribution in [3.8, 4) is 0 Å². The Morgan fingerprint density at radius 2 is 2.20 bits per heavy atom. The standard InChI is InChI=1S/C14H15N3O3/c18-13(16-10-5-4-9(7-10)14(19)20)11-8-15-17-6-2-1-3-12(11)17/h1-3,6,8-10H,4-5,7H2,(H,16,18)(H,19,20)/t9-,10+/m1/s1. The van der Waals surface area contributed by atoms with E-state index in [9.17, 15) is 9.59 Å². The average Bonchev–Trinajstić information content (AvgIpc) is 3.04. The van der Waals surface area contributed by atoms with Crippen LogP contribution in [0.2, 0.25) is 0 Å². The van der Waals surface area contributed by atoms with Crippen LogP contribution in [-0.2, 0) is 4.79 Å². The Kier molecular flexibility index (Phi) is 3.14. The number of carbonyl (C=O) groups excluding carboxylic acids is 1. The molecule has 104 valence electrons. The van der Waals surface area contributed by atoms with Gasteiger partial charge in [0, 0.05) is 12.2 Å². The summed E-state index contributed by atoms with van der Waals surface area (Å²) >= 11 is 0. The Balaban J connectivity index is 1.73. The van der Waals surface area contributed by atoms with Crippen LogP contribution in [0.3, 0.4) is 0 Å². The summed E-state index contributed by atoms with van der Waals surface area (Å²) in [5.74, 6) is -1.32. The zero-order chi connectivity index (χ0) is 14.1. The van der Waals surface area contributed by atoms with Gasteiger partial charge in [0.2, 0.25) is 0 Å². The van der Waals surface area contributed by atoms with Crippen LogP contribution in [0.15, 0.2) is 30.6 Å². The molecule has 0 bridgehead atoms. The summed E-state index contributed by atoms with van der Waals surface area (Å²) in [6, 6.07) is 5.46. The van der Waals surface area contributed by atoms with Gasteiger partial charge in [-0.3, -0.25) is 9.59 Å². The van der Waals surface area contributed by atoms with Crippen molar-refractivity contribution in [2.75, 3.05) is 0 Å². The smallest absolute Gasteiger partial charge is 0.306 e. The first-order valence-corrected chi connectivity index (χ1v) is 6.61. The number of aliphatic carboxylic acids is 1. The number of amides is 1. The molecule has 2 atom stereocenters. The monoisotopic (exact) mass is 273 g/mol. The van der Waals surface area contributed by atoms with Crippen molar-refractivity contribution in [2.45, 2.75) is 25.3 Å². The minimum Gasteiger partial charge on any atom is -0.481 e. The maximum atomic E-state index is 12.2. The highest BCUT2D eigenvalue weighted by Crippen LogP contribution is 2.26. The van der Waals surface area contributed by atoms with E-state index in [0.717, 1.165) is 5.52 Å². The molecular weight excluding hydrogens is 258 g/mol. The summed E-state index contributed by atoms with van der Waals surface area (Å²) < 4.78 is 1.64. The molecule has 6 nitrogen and oxygen atoms in total. The van der Waals surface area contributed by atoms with Gasteiger partial charge in [0.15, 0.2) is 0 Å². The number of pyridine rings is 1. The molecule has 0 saturated heterocycles. The largest absolute Gasteiger partial charge is 0.481 e. The third kappa shape index (κ3) is 2.24. The number of hydrogen-bond donors (Lipinski definition) is 2. The van der Waals surface area contributed by atoms with Crippen molar-refractivity contribution in [2.24, 2.45) is 5.92 Å². The molecule has 2 aromatic heterocycles. The summed E-state index contributed by atoms with van der Waals surface area (Å²) in [7, 11) is 0. The summed E-state index contributed by atoms with van der Waals surface area (Å²) in [5.41, 5.74) is 1.27. The van der Waals surface area contributed by atoms with Crippen LogP contribution < -0.4 is 5.32 Å². The predicted octanol–water partition coefficient (Wildman–Crippen LogP) is 1.32. The number of carboxylic acids is 1. The molecule has 2 heterocycles. The first-order valence-electron chi connectivity index (χ1n) is 6.61. The molecule has 1 aliphatic rings. The minimum absolute atomic E-state index is 0.0673. The molecule has 0 spiro atoms. The van der Waals surface area contributed by atoms with Gasteiger partial charge >= 0.3 is 5.97 Å². The van der Waals surface area contributed by atoms with E-state index in [1.54, 1.807) is 10.7 Å². The lowest BCUT2D eigenvalue weighted by molar-refractivity contribution is -0.141. The second-order valence-corrected chi connectivity index (χ2v) is 5.11. The van der Waals surface area contributed by atoms with E-state index in [4.69, 9.17) is 5.11 Å². The van der Waals surface area contributed by atoms with E-state index in [1.165, 1.54) is 6.20 Å². The number of nitrogens with one attached hydrogen (secondary N) is 1. The predicted molar refractivity (Wildman–Crippen MR) is 71.4 cm³/mol. The maximum absolute atomic E-state index is 12.2. The molecule has 0 unspecified atom stereocenters. The zero-order valence-corrected chi connectivity index (χ0v) is 10.8. The average molecular weight is 273 g/mol. The van der Waals surface area contributed by atoms with Crippen molar-refractivity contribution in [3.05, 3.63) is 36.2 Å². The molecule has 6 heteroatoms. The van der Waals surface area contributed by atoms with Gasteiger partial charge in [-0.25, -0.2) is 4.52 Å². The molecule has 1 fully saturated rings. The summed E-state index contributed by atoms with van der Waals surface area (Å²) in [6.07, 6.45) is 5.15. The summed E-state index contributed by atoms with van der Waals surface area (Å²) in [6.45, 7) is 0. The van der Waals surface area contributed by atoms with E-state index in [0.29, 0.717) is 24.8 Å². The molecule has 3 rings (SSSR count). The van der Waals surface area contributed by atoms with Crippen molar-refractivity contribution < 1.29 is 14.7 Å². The highest BCUT2D eigenvalue weighted by Gasteiger charge is 2.31. The van der Waals surface area contributed by atoms with Crippen LogP contribution in [0.1, 0.15) is 29.6 Å². The maximum Gasteiger partial charge on any atom is 0.306 e. The van der Waals surface area contributed by atoms with E-state index in [1.807, 2.05) is 18.2 Å². The van der Waals surface area contributed by atoms with Crippen LogP contribution >= 0.6 is 0 Å². The topological polar surface area (TPSA) is 83.7 Å². The third-order valence-electron chi connectivity index (χ3n) is 3.79. The highest BCUT2D eigenvalue weighted by molar-refractivity contribution is 6.00. The van der Waals surface area contributed by atoms with Gasteiger partial charge in [0.1, 0.15) is 0 Å². The molecule has 1 saturated carbocycles. The van der Waals surface area contributed by atoms with Crippen LogP contribution in [-0.4, -0.2) is 32.6 Å². The lowest BCUT2D eigenvalue weighted by Crippen LogP contribution is -2.33. The number of aromatic nitrogens is 2. The second-order valence-electron chi connectivity index (χ2n) is 5.11. The fourth-order valence-corrected chi connectivity index (χ4v) is 2.71. The number of nitrogens with zero attached hydrogens (tertiary/aromatic N) is 2. The van der Waals surface area contributed by atoms with Gasteiger partial charge in [0.05, 0.1) is 23.2 Å². The quantitative estimate of drug-likeness (QED) is 0.883. The summed E-state index contributed by atoms with van der Waals surface area (Å²) in [5, 5.41) is 16.0. The minimum atomic E-state index is -0.780. The van der Waals surface area contributed by atoms with Crippen LogP contribution in [0.5, 0.6) is 0 Å². The number of carboxylic acid groups (broad SMARTS) is 1. The number of hydrogen-bond acceptors (Lipinski definition) is 3. The van der Waals surface area contributed by atoms with Gasteiger partial charge in [-0.15, -0.1) is 0 Å². The molecule has 2 aromatic rings. The molecule has 20 heavy (non-hydrogen) atoms. The van der Waals surface area contributed by atoms with Crippen molar-refractivity contribution in [1.82, 2.24) is 14.9 Å². The Morgan fingerprint density at radius 3 is 2.95 bits per heavy atom. The van der Waals surface area contributed by atoms with Crippen LogP contribution in [0, 0.1) is 5.92 Å². The summed E-state index contributed by atoms with van der Waals surface area (Å²) in [4.78, 5) is 23.2. The zero-order valence-electron chi connectivity index (χ0n) is 10.8. The first-order chi connectivity index (χ1) is 9.65.